The normalized spacial score (nSPS) is 11.0. The Morgan fingerprint density at radius 2 is 1.78 bits per heavy atom. The molecule has 120 valence electrons. The Morgan fingerprint density at radius 3 is 2.39 bits per heavy atom. The largest absolute Gasteiger partial charge is 0.497 e. The summed E-state index contributed by atoms with van der Waals surface area (Å²) in [5.41, 5.74) is 4.49. The van der Waals surface area contributed by atoms with E-state index in [1.807, 2.05) is 12.1 Å². The SMILES string of the molecule is COc1ccc(/C(C)=N\NC(=O)c2ccc(Br)cc2)c(OC)c1. The van der Waals surface area contributed by atoms with Crippen LogP contribution in [0.3, 0.4) is 0 Å². The number of halogens is 1. The molecule has 5 nitrogen and oxygen atoms in total. The molecule has 0 saturated heterocycles. The first-order valence-electron chi connectivity index (χ1n) is 6.87. The number of hydrazone groups is 1. The highest BCUT2D eigenvalue weighted by Crippen LogP contribution is 2.25. The zero-order chi connectivity index (χ0) is 16.8. The highest BCUT2D eigenvalue weighted by molar-refractivity contribution is 9.10. The van der Waals surface area contributed by atoms with Gasteiger partial charge in [0.2, 0.25) is 0 Å². The Hall–Kier alpha value is -2.34. The molecular weight excluding hydrogens is 360 g/mol. The van der Waals surface area contributed by atoms with Crippen molar-refractivity contribution < 1.29 is 14.3 Å². The summed E-state index contributed by atoms with van der Waals surface area (Å²) in [6, 6.07) is 12.5. The third kappa shape index (κ3) is 4.32. The molecule has 23 heavy (non-hydrogen) atoms. The first-order chi connectivity index (χ1) is 11.0. The van der Waals surface area contributed by atoms with E-state index in [2.05, 4.69) is 26.5 Å². The molecule has 0 aromatic heterocycles. The van der Waals surface area contributed by atoms with Crippen LogP contribution in [-0.4, -0.2) is 25.8 Å². The van der Waals surface area contributed by atoms with Crippen molar-refractivity contribution in [2.75, 3.05) is 14.2 Å². The fraction of sp³-hybridized carbons (Fsp3) is 0.176. The lowest BCUT2D eigenvalue weighted by atomic mass is 10.1. The number of carbonyl (C=O) groups excluding carboxylic acids is 1. The van der Waals surface area contributed by atoms with E-state index in [1.165, 1.54) is 0 Å². The second-order valence-electron chi connectivity index (χ2n) is 4.71. The second kappa shape index (κ2) is 7.78. The summed E-state index contributed by atoms with van der Waals surface area (Å²) in [6.45, 7) is 1.80. The van der Waals surface area contributed by atoms with Crippen molar-refractivity contribution in [3.8, 4) is 11.5 Å². The van der Waals surface area contributed by atoms with Crippen LogP contribution in [0.15, 0.2) is 52.0 Å². The molecule has 1 N–H and O–H groups in total. The van der Waals surface area contributed by atoms with E-state index in [9.17, 15) is 4.79 Å². The van der Waals surface area contributed by atoms with Crippen molar-refractivity contribution >= 4 is 27.5 Å². The fourth-order valence-corrected chi connectivity index (χ4v) is 2.22. The molecule has 0 aliphatic rings. The number of rotatable bonds is 5. The van der Waals surface area contributed by atoms with E-state index in [0.717, 1.165) is 10.0 Å². The van der Waals surface area contributed by atoms with Crippen molar-refractivity contribution in [3.05, 3.63) is 58.1 Å². The molecule has 2 aromatic carbocycles. The molecule has 0 unspecified atom stereocenters. The quantitative estimate of drug-likeness (QED) is 0.640. The molecule has 0 aliphatic carbocycles. The minimum Gasteiger partial charge on any atom is -0.497 e. The van der Waals surface area contributed by atoms with Crippen LogP contribution in [0.2, 0.25) is 0 Å². The summed E-state index contributed by atoms with van der Waals surface area (Å²) in [5.74, 6) is 1.05. The number of hydrogen-bond acceptors (Lipinski definition) is 4. The van der Waals surface area contributed by atoms with Gasteiger partial charge in [-0.2, -0.15) is 5.10 Å². The Labute approximate surface area is 143 Å². The summed E-state index contributed by atoms with van der Waals surface area (Å²) >= 11 is 3.33. The summed E-state index contributed by atoms with van der Waals surface area (Å²) < 4.78 is 11.4. The van der Waals surface area contributed by atoms with Crippen LogP contribution >= 0.6 is 15.9 Å². The predicted molar refractivity (Wildman–Crippen MR) is 93.4 cm³/mol. The van der Waals surface area contributed by atoms with E-state index >= 15 is 0 Å². The standard InChI is InChI=1S/C17H17BrN2O3/c1-11(15-9-8-14(22-2)10-16(15)23-3)19-20-17(21)12-4-6-13(18)7-5-12/h4-10H,1-3H3,(H,20,21)/b19-11-. The van der Waals surface area contributed by atoms with Gasteiger partial charge in [0.25, 0.3) is 5.91 Å². The number of ether oxygens (including phenoxy) is 2. The second-order valence-corrected chi connectivity index (χ2v) is 5.63. The monoisotopic (exact) mass is 376 g/mol. The van der Waals surface area contributed by atoms with E-state index in [4.69, 9.17) is 9.47 Å². The smallest absolute Gasteiger partial charge is 0.271 e. The summed E-state index contributed by atoms with van der Waals surface area (Å²) in [5, 5.41) is 4.14. The lowest BCUT2D eigenvalue weighted by Gasteiger charge is -2.10. The third-order valence-corrected chi connectivity index (χ3v) is 3.76. The highest BCUT2D eigenvalue weighted by atomic mass is 79.9. The first kappa shape index (κ1) is 17.0. The van der Waals surface area contributed by atoms with E-state index in [-0.39, 0.29) is 5.91 Å². The molecular formula is C17H17BrN2O3. The maximum Gasteiger partial charge on any atom is 0.271 e. The van der Waals surface area contributed by atoms with Gasteiger partial charge in [-0.3, -0.25) is 4.79 Å². The van der Waals surface area contributed by atoms with Gasteiger partial charge in [-0.15, -0.1) is 0 Å². The lowest BCUT2D eigenvalue weighted by Crippen LogP contribution is -2.19. The Bertz CT molecular complexity index is 727. The van der Waals surface area contributed by atoms with Crippen LogP contribution in [0.4, 0.5) is 0 Å². The van der Waals surface area contributed by atoms with E-state index < -0.39 is 0 Å². The van der Waals surface area contributed by atoms with Gasteiger partial charge in [-0.1, -0.05) is 15.9 Å². The molecule has 2 rings (SSSR count). The minimum atomic E-state index is -0.274. The van der Waals surface area contributed by atoms with Crippen LogP contribution in [0.5, 0.6) is 11.5 Å². The number of benzene rings is 2. The van der Waals surface area contributed by atoms with Crippen molar-refractivity contribution in [1.29, 1.82) is 0 Å². The van der Waals surface area contributed by atoms with Gasteiger partial charge in [-0.05, 0) is 43.3 Å². The number of nitrogens with one attached hydrogen (secondary N) is 1. The minimum absolute atomic E-state index is 0.274. The van der Waals surface area contributed by atoms with Gasteiger partial charge in [0.05, 0.1) is 19.9 Å². The Balaban J connectivity index is 2.16. The van der Waals surface area contributed by atoms with Crippen LogP contribution < -0.4 is 14.9 Å². The van der Waals surface area contributed by atoms with Gasteiger partial charge in [-0.25, -0.2) is 5.43 Å². The van der Waals surface area contributed by atoms with Crippen molar-refractivity contribution in [2.24, 2.45) is 5.10 Å². The van der Waals surface area contributed by atoms with Crippen molar-refractivity contribution in [2.45, 2.75) is 6.92 Å². The van der Waals surface area contributed by atoms with Crippen molar-refractivity contribution in [1.82, 2.24) is 5.43 Å². The van der Waals surface area contributed by atoms with E-state index in [0.29, 0.717) is 22.8 Å². The molecule has 0 atom stereocenters. The average molecular weight is 377 g/mol. The van der Waals surface area contributed by atoms with Crippen LogP contribution in [0.1, 0.15) is 22.8 Å². The molecule has 0 saturated carbocycles. The summed E-state index contributed by atoms with van der Waals surface area (Å²) in [7, 11) is 3.17. The number of nitrogens with zero attached hydrogens (tertiary/aromatic N) is 1. The van der Waals surface area contributed by atoms with Gasteiger partial charge in [0, 0.05) is 21.7 Å². The summed E-state index contributed by atoms with van der Waals surface area (Å²) in [6.07, 6.45) is 0. The molecule has 0 radical (unpaired) electrons. The molecule has 6 heteroatoms. The topological polar surface area (TPSA) is 59.9 Å². The molecule has 0 fully saturated rings. The molecule has 0 heterocycles. The fourth-order valence-electron chi connectivity index (χ4n) is 1.96. The van der Waals surface area contributed by atoms with Gasteiger partial charge in [0.1, 0.15) is 11.5 Å². The van der Waals surface area contributed by atoms with Gasteiger partial charge >= 0.3 is 0 Å². The molecule has 2 aromatic rings. The first-order valence-corrected chi connectivity index (χ1v) is 7.67. The number of carbonyl (C=O) groups is 1. The van der Waals surface area contributed by atoms with Crippen molar-refractivity contribution in [3.63, 3.8) is 0 Å². The maximum absolute atomic E-state index is 12.1. The molecule has 0 bridgehead atoms. The molecule has 1 amide bonds. The maximum atomic E-state index is 12.1. The van der Waals surface area contributed by atoms with E-state index in [1.54, 1.807) is 51.5 Å². The van der Waals surface area contributed by atoms with Crippen LogP contribution in [0.25, 0.3) is 0 Å². The zero-order valence-corrected chi connectivity index (χ0v) is 14.7. The third-order valence-electron chi connectivity index (χ3n) is 3.23. The zero-order valence-electron chi connectivity index (χ0n) is 13.1. The average Bonchev–Trinajstić information content (AvgIpc) is 2.59. The Kier molecular flexibility index (Phi) is 5.76. The number of methoxy groups -OCH3 is 2. The molecule has 0 spiro atoms. The van der Waals surface area contributed by atoms with Gasteiger partial charge < -0.3 is 9.47 Å². The summed E-state index contributed by atoms with van der Waals surface area (Å²) in [4.78, 5) is 12.1. The van der Waals surface area contributed by atoms with Crippen LogP contribution in [-0.2, 0) is 0 Å². The number of amides is 1. The molecule has 0 aliphatic heterocycles. The highest BCUT2D eigenvalue weighted by Gasteiger charge is 2.09. The lowest BCUT2D eigenvalue weighted by molar-refractivity contribution is 0.0955. The number of hydrogen-bond donors (Lipinski definition) is 1. The van der Waals surface area contributed by atoms with Gasteiger partial charge in [0.15, 0.2) is 0 Å². The predicted octanol–water partition coefficient (Wildman–Crippen LogP) is 3.62. The Morgan fingerprint density at radius 1 is 1.09 bits per heavy atom. The van der Waals surface area contributed by atoms with Crippen LogP contribution in [0, 0.1) is 0 Å².